The third-order valence-electron chi connectivity index (χ3n) is 4.27. The first-order chi connectivity index (χ1) is 10.6. The molecule has 1 heterocycles. The molecule has 1 amide bonds. The topological polar surface area (TPSA) is 58.4 Å². The van der Waals surface area contributed by atoms with Gasteiger partial charge in [0.05, 0.1) is 6.04 Å². The average molecular weight is 295 g/mol. The maximum absolute atomic E-state index is 12.4. The number of benzene rings is 2. The minimum atomic E-state index is -0.161. The zero-order valence-corrected chi connectivity index (χ0v) is 12.8. The van der Waals surface area contributed by atoms with Gasteiger partial charge in [0.15, 0.2) is 0 Å². The SMILES string of the molecule is CC(C(=O)Nc1ccc(N)cc1)N1CCc2ccccc2C1. The molecule has 4 nitrogen and oxygen atoms in total. The Morgan fingerprint density at radius 2 is 1.82 bits per heavy atom. The lowest BCUT2D eigenvalue weighted by Gasteiger charge is -2.32. The Hall–Kier alpha value is -2.33. The van der Waals surface area contributed by atoms with E-state index in [9.17, 15) is 4.79 Å². The summed E-state index contributed by atoms with van der Waals surface area (Å²) < 4.78 is 0. The first kappa shape index (κ1) is 14.6. The lowest BCUT2D eigenvalue weighted by molar-refractivity contribution is -0.121. The summed E-state index contributed by atoms with van der Waals surface area (Å²) in [6.45, 7) is 3.69. The Bertz CT molecular complexity index is 666. The van der Waals surface area contributed by atoms with Crippen LogP contribution in [0.15, 0.2) is 48.5 Å². The van der Waals surface area contributed by atoms with Crippen LogP contribution in [0.2, 0.25) is 0 Å². The summed E-state index contributed by atoms with van der Waals surface area (Å²) in [6, 6.07) is 15.5. The Morgan fingerprint density at radius 3 is 2.55 bits per heavy atom. The summed E-state index contributed by atoms with van der Waals surface area (Å²) in [7, 11) is 0. The van der Waals surface area contributed by atoms with Gasteiger partial charge in [0, 0.05) is 24.5 Å². The predicted octanol–water partition coefficient (Wildman–Crippen LogP) is 2.65. The molecule has 0 aliphatic carbocycles. The molecule has 0 bridgehead atoms. The second-order valence-corrected chi connectivity index (χ2v) is 5.78. The molecule has 1 unspecified atom stereocenters. The molecule has 2 aromatic carbocycles. The fourth-order valence-electron chi connectivity index (χ4n) is 2.83. The summed E-state index contributed by atoms with van der Waals surface area (Å²) in [6.07, 6.45) is 0.996. The Kier molecular flexibility index (Phi) is 4.11. The van der Waals surface area contributed by atoms with Crippen molar-refractivity contribution in [3.63, 3.8) is 0 Å². The zero-order chi connectivity index (χ0) is 15.5. The molecule has 0 aromatic heterocycles. The van der Waals surface area contributed by atoms with Crippen LogP contribution < -0.4 is 11.1 Å². The number of nitrogen functional groups attached to an aromatic ring is 1. The highest BCUT2D eigenvalue weighted by atomic mass is 16.2. The largest absolute Gasteiger partial charge is 0.399 e. The highest BCUT2D eigenvalue weighted by Crippen LogP contribution is 2.21. The molecule has 0 fully saturated rings. The van der Waals surface area contributed by atoms with Crippen molar-refractivity contribution in [3.8, 4) is 0 Å². The normalized spacial score (nSPS) is 15.9. The second kappa shape index (κ2) is 6.20. The lowest BCUT2D eigenvalue weighted by Crippen LogP contribution is -2.44. The molecule has 4 heteroatoms. The van der Waals surface area contributed by atoms with Gasteiger partial charge in [0.1, 0.15) is 0 Å². The fraction of sp³-hybridized carbons (Fsp3) is 0.278. The van der Waals surface area contributed by atoms with E-state index >= 15 is 0 Å². The maximum Gasteiger partial charge on any atom is 0.241 e. The van der Waals surface area contributed by atoms with Crippen molar-refractivity contribution in [3.05, 3.63) is 59.7 Å². The van der Waals surface area contributed by atoms with Crippen LogP contribution in [0, 0.1) is 0 Å². The molecule has 0 radical (unpaired) electrons. The number of amides is 1. The summed E-state index contributed by atoms with van der Waals surface area (Å²) in [5.41, 5.74) is 9.85. The third-order valence-corrected chi connectivity index (χ3v) is 4.27. The van der Waals surface area contributed by atoms with E-state index in [1.165, 1.54) is 11.1 Å². The molecule has 0 saturated carbocycles. The molecule has 1 aliphatic heterocycles. The van der Waals surface area contributed by atoms with E-state index in [0.717, 1.165) is 25.2 Å². The van der Waals surface area contributed by atoms with Crippen molar-refractivity contribution >= 4 is 17.3 Å². The maximum atomic E-state index is 12.4. The number of anilines is 2. The molecule has 3 rings (SSSR count). The average Bonchev–Trinajstić information content (AvgIpc) is 2.55. The van der Waals surface area contributed by atoms with Gasteiger partial charge in [-0.1, -0.05) is 24.3 Å². The van der Waals surface area contributed by atoms with Gasteiger partial charge < -0.3 is 11.1 Å². The van der Waals surface area contributed by atoms with Crippen molar-refractivity contribution < 1.29 is 4.79 Å². The molecule has 22 heavy (non-hydrogen) atoms. The van der Waals surface area contributed by atoms with Gasteiger partial charge in [0.2, 0.25) is 5.91 Å². The monoisotopic (exact) mass is 295 g/mol. The fourth-order valence-corrected chi connectivity index (χ4v) is 2.83. The first-order valence-electron chi connectivity index (χ1n) is 7.61. The van der Waals surface area contributed by atoms with Gasteiger partial charge in [0.25, 0.3) is 0 Å². The van der Waals surface area contributed by atoms with E-state index in [1.54, 1.807) is 12.1 Å². The molecular formula is C18H21N3O. The number of nitrogens with two attached hydrogens (primary N) is 1. The Balaban J connectivity index is 1.65. The minimum absolute atomic E-state index is 0.0177. The van der Waals surface area contributed by atoms with Crippen LogP contribution in [0.4, 0.5) is 11.4 Å². The minimum Gasteiger partial charge on any atom is -0.399 e. The van der Waals surface area contributed by atoms with Crippen LogP contribution in [-0.2, 0) is 17.8 Å². The van der Waals surface area contributed by atoms with Crippen LogP contribution in [0.3, 0.4) is 0 Å². The quantitative estimate of drug-likeness (QED) is 0.856. The summed E-state index contributed by atoms with van der Waals surface area (Å²) in [5.74, 6) is 0.0177. The number of hydrogen-bond acceptors (Lipinski definition) is 3. The standard InChI is InChI=1S/C18H21N3O/c1-13(18(22)20-17-8-6-16(19)7-9-17)21-11-10-14-4-2-3-5-15(14)12-21/h2-9,13H,10-12,19H2,1H3,(H,20,22). The second-order valence-electron chi connectivity index (χ2n) is 5.78. The van der Waals surface area contributed by atoms with Gasteiger partial charge in [-0.15, -0.1) is 0 Å². The van der Waals surface area contributed by atoms with E-state index in [4.69, 9.17) is 5.73 Å². The summed E-state index contributed by atoms with van der Waals surface area (Å²) in [4.78, 5) is 14.6. The number of carbonyl (C=O) groups excluding carboxylic acids is 1. The van der Waals surface area contributed by atoms with E-state index in [-0.39, 0.29) is 11.9 Å². The predicted molar refractivity (Wildman–Crippen MR) is 89.5 cm³/mol. The van der Waals surface area contributed by atoms with Crippen molar-refractivity contribution in [1.82, 2.24) is 4.90 Å². The van der Waals surface area contributed by atoms with Gasteiger partial charge >= 0.3 is 0 Å². The Labute approximate surface area is 130 Å². The van der Waals surface area contributed by atoms with Gasteiger partial charge in [-0.3, -0.25) is 9.69 Å². The van der Waals surface area contributed by atoms with Crippen LogP contribution in [-0.4, -0.2) is 23.4 Å². The Morgan fingerprint density at radius 1 is 1.14 bits per heavy atom. The van der Waals surface area contributed by atoms with Crippen molar-refractivity contribution in [2.45, 2.75) is 25.9 Å². The molecule has 1 aliphatic rings. The number of fused-ring (bicyclic) bond motifs is 1. The van der Waals surface area contributed by atoms with Crippen molar-refractivity contribution in [1.29, 1.82) is 0 Å². The number of hydrogen-bond donors (Lipinski definition) is 2. The lowest BCUT2D eigenvalue weighted by atomic mass is 9.99. The van der Waals surface area contributed by atoms with E-state index in [0.29, 0.717) is 5.69 Å². The van der Waals surface area contributed by atoms with Gasteiger partial charge in [-0.05, 0) is 48.7 Å². The molecule has 114 valence electrons. The molecule has 0 saturated heterocycles. The van der Waals surface area contributed by atoms with Crippen LogP contribution in [0.1, 0.15) is 18.1 Å². The highest BCUT2D eigenvalue weighted by molar-refractivity contribution is 5.94. The summed E-state index contributed by atoms with van der Waals surface area (Å²) in [5, 5.41) is 2.95. The van der Waals surface area contributed by atoms with E-state index < -0.39 is 0 Å². The zero-order valence-electron chi connectivity index (χ0n) is 12.8. The van der Waals surface area contributed by atoms with Crippen LogP contribution in [0.25, 0.3) is 0 Å². The smallest absolute Gasteiger partial charge is 0.241 e. The number of carbonyl (C=O) groups is 1. The summed E-state index contributed by atoms with van der Waals surface area (Å²) >= 11 is 0. The third kappa shape index (κ3) is 3.12. The molecule has 2 aromatic rings. The van der Waals surface area contributed by atoms with Crippen molar-refractivity contribution in [2.24, 2.45) is 0 Å². The molecule has 3 N–H and O–H groups in total. The van der Waals surface area contributed by atoms with Gasteiger partial charge in [-0.25, -0.2) is 0 Å². The first-order valence-corrected chi connectivity index (χ1v) is 7.61. The number of rotatable bonds is 3. The van der Waals surface area contributed by atoms with Gasteiger partial charge in [-0.2, -0.15) is 0 Å². The van der Waals surface area contributed by atoms with Crippen LogP contribution >= 0.6 is 0 Å². The van der Waals surface area contributed by atoms with Crippen molar-refractivity contribution in [2.75, 3.05) is 17.6 Å². The number of nitrogens with one attached hydrogen (secondary N) is 1. The molecule has 1 atom stereocenters. The van der Waals surface area contributed by atoms with E-state index in [1.807, 2.05) is 19.1 Å². The molecule has 0 spiro atoms. The highest BCUT2D eigenvalue weighted by Gasteiger charge is 2.25. The molecular weight excluding hydrogens is 274 g/mol. The van der Waals surface area contributed by atoms with E-state index in [2.05, 4.69) is 34.5 Å². The van der Waals surface area contributed by atoms with Crippen LogP contribution in [0.5, 0.6) is 0 Å². The number of nitrogens with zero attached hydrogens (tertiary/aromatic N) is 1.